The summed E-state index contributed by atoms with van der Waals surface area (Å²) in [5.41, 5.74) is 2.18. The van der Waals surface area contributed by atoms with Crippen molar-refractivity contribution in [1.29, 1.82) is 0 Å². The van der Waals surface area contributed by atoms with Gasteiger partial charge in [0.1, 0.15) is 17.3 Å². The number of aromatic nitrogens is 4. The van der Waals surface area contributed by atoms with Crippen molar-refractivity contribution >= 4 is 29.4 Å². The Morgan fingerprint density at radius 3 is 2.71 bits per heavy atom. The summed E-state index contributed by atoms with van der Waals surface area (Å²) in [6.45, 7) is 3.64. The highest BCUT2D eigenvalue weighted by atomic mass is 35.5. The highest BCUT2D eigenvalue weighted by molar-refractivity contribution is 6.29. The number of nitrogens with one attached hydrogen (secondary N) is 1. The van der Waals surface area contributed by atoms with Gasteiger partial charge in [0, 0.05) is 51.1 Å². The SMILES string of the molecule is COC(=O)N1CCN(c2cc(Cl)nc(-n3ccnc3)n2)C(CC(=O)NCc2ccc(C)cc2)C1. The van der Waals surface area contributed by atoms with Crippen LogP contribution in [-0.4, -0.2) is 69.2 Å². The van der Waals surface area contributed by atoms with Crippen LogP contribution in [0.2, 0.25) is 5.15 Å². The first-order chi connectivity index (χ1) is 16.4. The number of hydrogen-bond donors (Lipinski definition) is 1. The number of anilines is 1. The van der Waals surface area contributed by atoms with Crippen LogP contribution in [-0.2, 0) is 16.1 Å². The van der Waals surface area contributed by atoms with Crippen LogP contribution in [0.4, 0.5) is 10.6 Å². The van der Waals surface area contributed by atoms with Crippen molar-refractivity contribution in [3.05, 3.63) is 65.3 Å². The van der Waals surface area contributed by atoms with E-state index in [2.05, 4.69) is 20.3 Å². The molecule has 1 aliphatic rings. The lowest BCUT2D eigenvalue weighted by Gasteiger charge is -2.41. The van der Waals surface area contributed by atoms with E-state index in [9.17, 15) is 9.59 Å². The van der Waals surface area contributed by atoms with Gasteiger partial charge in [-0.1, -0.05) is 41.4 Å². The van der Waals surface area contributed by atoms with Gasteiger partial charge in [-0.15, -0.1) is 0 Å². The Morgan fingerprint density at radius 1 is 1.21 bits per heavy atom. The predicted octanol–water partition coefficient (Wildman–Crippen LogP) is 2.59. The predicted molar refractivity (Wildman–Crippen MR) is 127 cm³/mol. The summed E-state index contributed by atoms with van der Waals surface area (Å²) in [4.78, 5) is 41.5. The third-order valence-electron chi connectivity index (χ3n) is 5.65. The van der Waals surface area contributed by atoms with Gasteiger partial charge in [-0.25, -0.2) is 14.8 Å². The van der Waals surface area contributed by atoms with Crippen molar-refractivity contribution < 1.29 is 14.3 Å². The Balaban J connectivity index is 1.52. The molecule has 1 fully saturated rings. The minimum absolute atomic E-state index is 0.128. The zero-order valence-corrected chi connectivity index (χ0v) is 19.8. The quantitative estimate of drug-likeness (QED) is 0.537. The van der Waals surface area contributed by atoms with Gasteiger partial charge in [0.2, 0.25) is 11.9 Å². The smallest absolute Gasteiger partial charge is 0.409 e. The first kappa shape index (κ1) is 23.5. The summed E-state index contributed by atoms with van der Waals surface area (Å²) in [5, 5.41) is 3.24. The van der Waals surface area contributed by atoms with Crippen molar-refractivity contribution in [2.45, 2.75) is 25.9 Å². The lowest BCUT2D eigenvalue weighted by molar-refractivity contribution is -0.121. The number of piperazine rings is 1. The molecular weight excluding hydrogens is 458 g/mol. The molecule has 1 atom stereocenters. The highest BCUT2D eigenvalue weighted by Gasteiger charge is 2.33. The average molecular weight is 484 g/mol. The highest BCUT2D eigenvalue weighted by Crippen LogP contribution is 2.24. The van der Waals surface area contributed by atoms with Gasteiger partial charge in [0.05, 0.1) is 13.2 Å². The fourth-order valence-corrected chi connectivity index (χ4v) is 4.03. The fraction of sp³-hybridized carbons (Fsp3) is 0.348. The molecule has 11 heteroatoms. The summed E-state index contributed by atoms with van der Waals surface area (Å²) >= 11 is 6.29. The molecule has 0 bridgehead atoms. The normalized spacial score (nSPS) is 15.8. The standard InChI is InChI=1S/C23H26ClN7O3/c1-16-3-5-17(6-4-16)13-26-21(32)11-18-14-29(23(33)34-2)9-10-31(18)20-12-19(24)27-22(28-20)30-8-7-25-15-30/h3-8,12,15,18H,9-11,13-14H2,1-2H3,(H,26,32). The molecule has 178 valence electrons. The summed E-state index contributed by atoms with van der Waals surface area (Å²) in [5.74, 6) is 0.819. The molecule has 3 heterocycles. The number of aryl methyl sites for hydroxylation is 1. The zero-order chi connectivity index (χ0) is 24.1. The van der Waals surface area contributed by atoms with Crippen LogP contribution in [0.25, 0.3) is 5.95 Å². The van der Waals surface area contributed by atoms with E-state index in [1.54, 1.807) is 34.3 Å². The molecular formula is C23H26ClN7O3. The Morgan fingerprint density at radius 2 is 2.00 bits per heavy atom. The fourth-order valence-electron chi connectivity index (χ4n) is 3.85. The number of imidazole rings is 1. The minimum Gasteiger partial charge on any atom is -0.453 e. The van der Waals surface area contributed by atoms with Gasteiger partial charge in [-0.3, -0.25) is 9.36 Å². The minimum atomic E-state index is -0.426. The lowest BCUT2D eigenvalue weighted by Crippen LogP contribution is -2.56. The molecule has 2 aromatic heterocycles. The van der Waals surface area contributed by atoms with Crippen LogP contribution in [0.15, 0.2) is 49.1 Å². The molecule has 1 aliphatic heterocycles. The van der Waals surface area contributed by atoms with E-state index < -0.39 is 6.09 Å². The number of nitrogens with zero attached hydrogens (tertiary/aromatic N) is 6. The molecule has 1 aromatic carbocycles. The first-order valence-corrected chi connectivity index (χ1v) is 11.3. The van der Waals surface area contributed by atoms with Crippen molar-refractivity contribution in [2.75, 3.05) is 31.6 Å². The van der Waals surface area contributed by atoms with Crippen LogP contribution < -0.4 is 10.2 Å². The maximum absolute atomic E-state index is 12.9. The van der Waals surface area contributed by atoms with E-state index in [0.29, 0.717) is 37.9 Å². The average Bonchev–Trinajstić information content (AvgIpc) is 3.38. The largest absolute Gasteiger partial charge is 0.453 e. The van der Waals surface area contributed by atoms with Gasteiger partial charge >= 0.3 is 6.09 Å². The van der Waals surface area contributed by atoms with Crippen molar-refractivity contribution in [1.82, 2.24) is 29.7 Å². The van der Waals surface area contributed by atoms with Gasteiger partial charge in [0.25, 0.3) is 0 Å². The van der Waals surface area contributed by atoms with Crippen molar-refractivity contribution in [3.8, 4) is 5.95 Å². The molecule has 1 unspecified atom stereocenters. The van der Waals surface area contributed by atoms with Gasteiger partial charge < -0.3 is 19.9 Å². The molecule has 0 radical (unpaired) electrons. The molecule has 0 spiro atoms. The first-order valence-electron chi connectivity index (χ1n) is 10.9. The van der Waals surface area contributed by atoms with Crippen LogP contribution in [0.3, 0.4) is 0 Å². The number of hydrogen-bond acceptors (Lipinski definition) is 7. The molecule has 34 heavy (non-hydrogen) atoms. The van der Waals surface area contributed by atoms with E-state index in [4.69, 9.17) is 16.3 Å². The number of ether oxygens (including phenoxy) is 1. The summed E-state index contributed by atoms with van der Waals surface area (Å²) in [6.07, 6.45) is 4.67. The molecule has 1 N–H and O–H groups in total. The number of rotatable bonds is 6. The second kappa shape index (κ2) is 10.5. The van der Waals surface area contributed by atoms with E-state index in [1.165, 1.54) is 7.11 Å². The summed E-state index contributed by atoms with van der Waals surface area (Å²) < 4.78 is 6.55. The van der Waals surface area contributed by atoms with Gasteiger partial charge in [-0.05, 0) is 12.5 Å². The maximum Gasteiger partial charge on any atom is 0.409 e. The number of amides is 2. The number of halogens is 1. The summed E-state index contributed by atoms with van der Waals surface area (Å²) in [6, 6.07) is 9.33. The molecule has 2 amide bonds. The van der Waals surface area contributed by atoms with Crippen LogP contribution in [0, 0.1) is 6.92 Å². The Bertz CT molecular complexity index is 1140. The third kappa shape index (κ3) is 5.63. The van der Waals surface area contributed by atoms with E-state index in [-0.39, 0.29) is 23.5 Å². The molecule has 10 nitrogen and oxygen atoms in total. The number of benzene rings is 1. The molecule has 0 saturated carbocycles. The molecule has 1 saturated heterocycles. The molecule has 4 rings (SSSR count). The topological polar surface area (TPSA) is 105 Å². The van der Waals surface area contributed by atoms with Crippen LogP contribution in [0.5, 0.6) is 0 Å². The molecule has 3 aromatic rings. The second-order valence-corrected chi connectivity index (χ2v) is 8.44. The van der Waals surface area contributed by atoms with Crippen molar-refractivity contribution in [3.63, 3.8) is 0 Å². The Labute approximate surface area is 202 Å². The van der Waals surface area contributed by atoms with E-state index in [0.717, 1.165) is 11.1 Å². The van der Waals surface area contributed by atoms with Crippen LogP contribution >= 0.6 is 11.6 Å². The lowest BCUT2D eigenvalue weighted by atomic mass is 10.1. The van der Waals surface area contributed by atoms with E-state index >= 15 is 0 Å². The number of methoxy groups -OCH3 is 1. The third-order valence-corrected chi connectivity index (χ3v) is 5.84. The van der Waals surface area contributed by atoms with Gasteiger partial charge in [0.15, 0.2) is 0 Å². The van der Waals surface area contributed by atoms with Crippen molar-refractivity contribution in [2.24, 2.45) is 0 Å². The van der Waals surface area contributed by atoms with Crippen LogP contribution in [0.1, 0.15) is 17.5 Å². The van der Waals surface area contributed by atoms with Gasteiger partial charge in [-0.2, -0.15) is 4.98 Å². The molecule has 0 aliphatic carbocycles. The number of carbonyl (C=O) groups is 2. The maximum atomic E-state index is 12.9. The number of carbonyl (C=O) groups excluding carboxylic acids is 2. The second-order valence-electron chi connectivity index (χ2n) is 8.05. The summed E-state index contributed by atoms with van der Waals surface area (Å²) in [7, 11) is 1.35. The monoisotopic (exact) mass is 483 g/mol. The Hall–Kier alpha value is -3.66. The Kier molecular flexibility index (Phi) is 7.27. The van der Waals surface area contributed by atoms with E-state index in [1.807, 2.05) is 36.1 Å². The zero-order valence-electron chi connectivity index (χ0n) is 19.0.